The number of benzene rings is 4. The summed E-state index contributed by atoms with van der Waals surface area (Å²) in [5, 5.41) is 21.1. The summed E-state index contributed by atoms with van der Waals surface area (Å²) in [6, 6.07) is 20.7. The van der Waals surface area contributed by atoms with Crippen molar-refractivity contribution in [2.24, 2.45) is 9.98 Å². The summed E-state index contributed by atoms with van der Waals surface area (Å²) < 4.78 is 0. The molecule has 0 aromatic heterocycles. The maximum absolute atomic E-state index is 9.85. The number of phenolic OH excluding ortho intramolecular Hbond substituents is 2. The minimum absolute atomic E-state index is 0. The molecule has 0 heterocycles. The second-order valence-electron chi connectivity index (χ2n) is 11.3. The predicted octanol–water partition coefficient (Wildman–Crippen LogP) is 11.0. The van der Waals surface area contributed by atoms with E-state index in [0.29, 0.717) is 0 Å². The fourth-order valence-corrected chi connectivity index (χ4v) is 5.59. The fourth-order valence-electron chi connectivity index (χ4n) is 5.59. The van der Waals surface area contributed by atoms with E-state index in [-0.39, 0.29) is 31.9 Å². The quantitative estimate of drug-likeness (QED) is 0.0878. The van der Waals surface area contributed by atoms with Crippen LogP contribution in [0.1, 0.15) is 101 Å². The van der Waals surface area contributed by atoms with Gasteiger partial charge in [-0.05, 0) is 127 Å². The molecule has 0 aliphatic heterocycles. The Balaban J connectivity index is 0.000000351. The van der Waals surface area contributed by atoms with Gasteiger partial charge < -0.3 is 10.2 Å². The molecular weight excluding hydrogens is 647 g/mol. The third-order valence-corrected chi connectivity index (χ3v) is 8.35. The molecule has 4 aromatic carbocycles. The van der Waals surface area contributed by atoms with E-state index in [1.807, 2.05) is 18.3 Å². The first kappa shape index (κ1) is 37.9. The molecule has 0 unspecified atom stereocenters. The maximum Gasteiger partial charge on any atom is 0.165 e. The smallest absolute Gasteiger partial charge is 0.165 e. The number of fused-ring (bicyclic) bond motifs is 1. The van der Waals surface area contributed by atoms with Gasteiger partial charge in [0, 0.05) is 32.0 Å². The summed E-state index contributed by atoms with van der Waals surface area (Å²) in [6.07, 6.45) is 11.3. The average molecular weight is 699 g/mol. The van der Waals surface area contributed by atoms with Crippen LogP contribution >= 0.6 is 0 Å². The van der Waals surface area contributed by atoms with Crippen LogP contribution in [0.25, 0.3) is 10.8 Å². The first-order chi connectivity index (χ1) is 21.3. The summed E-state index contributed by atoms with van der Waals surface area (Å²) in [7, 11) is 0. The van der Waals surface area contributed by atoms with Gasteiger partial charge in [-0.3, -0.25) is 9.98 Å². The first-order valence-electron chi connectivity index (χ1n) is 16.6. The Morgan fingerprint density at radius 1 is 0.600 bits per heavy atom. The SMILES string of the molecule is CCCCC(C=Nc1ccc(CC)c(CC)c1)=Nc1ccc(CC)c(CC)c1.CCc1cc(CC)c2ccc(O)c(O)c2c1.[Pd]. The van der Waals surface area contributed by atoms with E-state index in [4.69, 9.17) is 9.98 Å². The van der Waals surface area contributed by atoms with Crippen LogP contribution in [0.3, 0.4) is 0 Å². The molecule has 0 atom stereocenters. The fraction of sp³-hybridized carbons (Fsp3) is 0.400. The van der Waals surface area contributed by atoms with Gasteiger partial charge in [0.2, 0.25) is 0 Å². The molecule has 5 heteroatoms. The molecule has 0 amide bonds. The van der Waals surface area contributed by atoms with Gasteiger partial charge in [-0.1, -0.05) is 79.2 Å². The number of rotatable bonds is 12. The third-order valence-electron chi connectivity index (χ3n) is 8.35. The second kappa shape index (κ2) is 19.3. The zero-order valence-corrected chi connectivity index (χ0v) is 29.9. The van der Waals surface area contributed by atoms with Crippen LogP contribution < -0.4 is 0 Å². The van der Waals surface area contributed by atoms with Crippen LogP contribution in [0.4, 0.5) is 11.4 Å². The molecule has 4 nitrogen and oxygen atoms in total. The van der Waals surface area contributed by atoms with Gasteiger partial charge in [0.1, 0.15) is 0 Å². The van der Waals surface area contributed by atoms with Crippen molar-refractivity contribution in [3.8, 4) is 11.5 Å². The minimum atomic E-state index is -0.0530. The average Bonchev–Trinajstić information content (AvgIpc) is 3.07. The normalized spacial score (nSPS) is 11.4. The van der Waals surface area contributed by atoms with Crippen molar-refractivity contribution in [3.05, 3.63) is 94.0 Å². The van der Waals surface area contributed by atoms with E-state index in [2.05, 4.69) is 90.9 Å². The molecular formula is C40H52N2O2Pd. The molecule has 2 N–H and O–H groups in total. The van der Waals surface area contributed by atoms with Crippen molar-refractivity contribution in [1.82, 2.24) is 0 Å². The van der Waals surface area contributed by atoms with Crippen LogP contribution in [0, 0.1) is 0 Å². The molecule has 0 bridgehead atoms. The van der Waals surface area contributed by atoms with Crippen molar-refractivity contribution >= 4 is 34.1 Å². The molecule has 0 saturated carbocycles. The number of nitrogens with zero attached hydrogens (tertiary/aromatic N) is 2. The Hall–Kier alpha value is -3.26. The molecule has 0 aliphatic carbocycles. The number of phenols is 2. The Kier molecular flexibility index (Phi) is 16.3. The summed E-state index contributed by atoms with van der Waals surface area (Å²) in [5.41, 5.74) is 11.2. The standard InChI is InChI=1S/C26H36N2.C14H16O2.Pd/c1-6-11-12-26(28-25-16-14-21(8-3)23(10-5)18-25)19-27-24-15-13-20(7-2)22(9-4)17-24;1-3-9-7-10(4-2)11-5-6-13(15)14(16)12(11)8-9;/h13-19H,6-12H2,1-5H3;5-8,15-16H,3-4H2,1-2H3;. The number of unbranched alkanes of at least 4 members (excludes halogenated alkanes) is 1. The molecule has 45 heavy (non-hydrogen) atoms. The van der Waals surface area contributed by atoms with Gasteiger partial charge in [-0.15, -0.1) is 0 Å². The van der Waals surface area contributed by atoms with Crippen molar-refractivity contribution < 1.29 is 30.6 Å². The molecule has 4 rings (SSSR count). The van der Waals surface area contributed by atoms with E-state index >= 15 is 0 Å². The number of aliphatic imine (C=N–C) groups is 2. The molecule has 244 valence electrons. The van der Waals surface area contributed by atoms with E-state index in [9.17, 15) is 10.2 Å². The molecule has 0 spiro atoms. The van der Waals surface area contributed by atoms with Crippen molar-refractivity contribution in [2.75, 3.05) is 0 Å². The van der Waals surface area contributed by atoms with Crippen molar-refractivity contribution in [2.45, 2.75) is 106 Å². The van der Waals surface area contributed by atoms with E-state index < -0.39 is 0 Å². The monoisotopic (exact) mass is 698 g/mol. The summed E-state index contributed by atoms with van der Waals surface area (Å²) in [5.74, 6) is -0.0645. The van der Waals surface area contributed by atoms with Crippen LogP contribution in [0.5, 0.6) is 11.5 Å². The van der Waals surface area contributed by atoms with Crippen molar-refractivity contribution in [1.29, 1.82) is 0 Å². The Morgan fingerprint density at radius 3 is 1.73 bits per heavy atom. The van der Waals surface area contributed by atoms with Crippen LogP contribution in [-0.4, -0.2) is 22.1 Å². The maximum atomic E-state index is 9.85. The Bertz CT molecular complexity index is 1590. The molecule has 0 radical (unpaired) electrons. The zero-order chi connectivity index (χ0) is 32.1. The van der Waals surface area contributed by atoms with Gasteiger partial charge in [-0.25, -0.2) is 0 Å². The second-order valence-corrected chi connectivity index (χ2v) is 11.3. The van der Waals surface area contributed by atoms with Gasteiger partial charge in [0.05, 0.1) is 17.1 Å². The van der Waals surface area contributed by atoms with Crippen molar-refractivity contribution in [3.63, 3.8) is 0 Å². The third kappa shape index (κ3) is 10.4. The van der Waals surface area contributed by atoms with E-state index in [1.165, 1.54) is 33.4 Å². The number of hydrogen-bond acceptors (Lipinski definition) is 4. The number of aryl methyl sites for hydroxylation is 6. The summed E-state index contributed by atoms with van der Waals surface area (Å²) in [4.78, 5) is 9.70. The molecule has 4 aromatic rings. The van der Waals surface area contributed by atoms with Gasteiger partial charge in [0.25, 0.3) is 0 Å². The van der Waals surface area contributed by atoms with E-state index in [0.717, 1.165) is 85.6 Å². The van der Waals surface area contributed by atoms with Gasteiger partial charge >= 0.3 is 0 Å². The Labute approximate surface area is 285 Å². The van der Waals surface area contributed by atoms with Crippen LogP contribution in [-0.2, 0) is 58.9 Å². The molecule has 0 saturated heterocycles. The summed E-state index contributed by atoms with van der Waals surface area (Å²) in [6.45, 7) is 15.2. The van der Waals surface area contributed by atoms with Crippen LogP contribution in [0.2, 0.25) is 0 Å². The topological polar surface area (TPSA) is 65.2 Å². The predicted molar refractivity (Wildman–Crippen MR) is 191 cm³/mol. The first-order valence-corrected chi connectivity index (χ1v) is 16.6. The molecule has 0 aliphatic rings. The minimum Gasteiger partial charge on any atom is -0.504 e. The van der Waals surface area contributed by atoms with Crippen LogP contribution in [0.15, 0.2) is 70.6 Å². The zero-order valence-electron chi connectivity index (χ0n) is 28.3. The summed E-state index contributed by atoms with van der Waals surface area (Å²) >= 11 is 0. The Morgan fingerprint density at radius 2 is 1.18 bits per heavy atom. The van der Waals surface area contributed by atoms with Gasteiger partial charge in [-0.2, -0.15) is 0 Å². The van der Waals surface area contributed by atoms with Gasteiger partial charge in [0.15, 0.2) is 11.5 Å². The molecule has 0 fully saturated rings. The number of aromatic hydroxyl groups is 2. The number of hydrogen-bond donors (Lipinski definition) is 2. The largest absolute Gasteiger partial charge is 0.504 e. The van der Waals surface area contributed by atoms with E-state index in [1.54, 1.807) is 6.07 Å².